The summed E-state index contributed by atoms with van der Waals surface area (Å²) in [7, 11) is 0. The van der Waals surface area contributed by atoms with Crippen LogP contribution in [0, 0.1) is 0 Å². The Morgan fingerprint density at radius 3 is 2.65 bits per heavy atom. The minimum atomic E-state index is -0.377. The Morgan fingerprint density at radius 2 is 2.10 bits per heavy atom. The van der Waals surface area contributed by atoms with E-state index in [1.54, 1.807) is 0 Å². The van der Waals surface area contributed by atoms with Gasteiger partial charge >= 0.3 is 0 Å². The van der Waals surface area contributed by atoms with Gasteiger partial charge in [0.05, 0.1) is 5.54 Å². The molecule has 0 saturated carbocycles. The zero-order valence-electron chi connectivity index (χ0n) is 12.9. The molecule has 1 fully saturated rings. The average molecular weight is 274 g/mol. The Bertz CT molecular complexity index is 438. The molecule has 1 aromatic rings. The van der Waals surface area contributed by atoms with Crippen LogP contribution in [0.2, 0.25) is 0 Å². The predicted octanol–water partition coefficient (Wildman–Crippen LogP) is 2.96. The topological polar surface area (TPSA) is 32.3 Å². The summed E-state index contributed by atoms with van der Waals surface area (Å²) in [6.45, 7) is 7.97. The molecule has 110 valence electrons. The molecule has 1 aliphatic rings. The maximum Gasteiger partial charge on any atom is 0.243 e. The number of amides is 1. The summed E-state index contributed by atoms with van der Waals surface area (Å²) in [5.74, 6) is 0.244. The van der Waals surface area contributed by atoms with Gasteiger partial charge in [0.1, 0.15) is 0 Å². The van der Waals surface area contributed by atoms with Crippen LogP contribution in [0.1, 0.15) is 45.6 Å². The molecule has 20 heavy (non-hydrogen) atoms. The van der Waals surface area contributed by atoms with Gasteiger partial charge in [-0.25, -0.2) is 0 Å². The van der Waals surface area contributed by atoms with E-state index >= 15 is 0 Å². The fraction of sp³-hybridized carbons (Fsp3) is 0.588. The molecular formula is C17H26N2O. The molecule has 1 aliphatic heterocycles. The van der Waals surface area contributed by atoms with E-state index in [9.17, 15) is 4.79 Å². The van der Waals surface area contributed by atoms with Crippen molar-refractivity contribution in [2.75, 3.05) is 6.54 Å². The summed E-state index contributed by atoms with van der Waals surface area (Å²) in [6, 6.07) is 10.5. The second-order valence-electron chi connectivity index (χ2n) is 6.04. The van der Waals surface area contributed by atoms with Crippen LogP contribution in [0.3, 0.4) is 0 Å². The Kier molecular flexibility index (Phi) is 4.81. The largest absolute Gasteiger partial charge is 0.334 e. The first-order chi connectivity index (χ1) is 9.57. The number of hydrogen-bond donors (Lipinski definition) is 1. The van der Waals surface area contributed by atoms with E-state index in [1.165, 1.54) is 5.56 Å². The van der Waals surface area contributed by atoms with Crippen molar-refractivity contribution in [2.24, 2.45) is 0 Å². The minimum Gasteiger partial charge on any atom is -0.334 e. The second-order valence-corrected chi connectivity index (χ2v) is 6.04. The number of hydrogen-bond acceptors (Lipinski definition) is 2. The molecule has 1 saturated heterocycles. The van der Waals surface area contributed by atoms with Crippen molar-refractivity contribution < 1.29 is 4.79 Å². The summed E-state index contributed by atoms with van der Waals surface area (Å²) in [5, 5.41) is 3.39. The summed E-state index contributed by atoms with van der Waals surface area (Å²) in [4.78, 5) is 15.0. The molecule has 2 unspecified atom stereocenters. The SMILES string of the molecule is CCC(C)N(Cc1ccccc1)C(=O)C1(C)CCCN1. The minimum absolute atomic E-state index is 0.244. The van der Waals surface area contributed by atoms with Gasteiger partial charge < -0.3 is 10.2 Å². The normalized spacial score (nSPS) is 23.6. The highest BCUT2D eigenvalue weighted by Gasteiger charge is 2.39. The molecule has 0 aliphatic carbocycles. The lowest BCUT2D eigenvalue weighted by molar-refractivity contribution is -0.140. The fourth-order valence-corrected chi connectivity index (χ4v) is 2.82. The van der Waals surface area contributed by atoms with Crippen molar-refractivity contribution in [1.29, 1.82) is 0 Å². The van der Waals surface area contributed by atoms with Crippen LogP contribution < -0.4 is 5.32 Å². The Morgan fingerprint density at radius 1 is 1.40 bits per heavy atom. The molecule has 2 rings (SSSR count). The highest BCUT2D eigenvalue weighted by molar-refractivity contribution is 5.86. The molecular weight excluding hydrogens is 248 g/mol. The van der Waals surface area contributed by atoms with Crippen LogP contribution in [0.15, 0.2) is 30.3 Å². The van der Waals surface area contributed by atoms with Gasteiger partial charge in [-0.05, 0) is 45.2 Å². The number of rotatable bonds is 5. The highest BCUT2D eigenvalue weighted by Crippen LogP contribution is 2.24. The van der Waals surface area contributed by atoms with Crippen LogP contribution in [0.4, 0.5) is 0 Å². The molecule has 0 spiro atoms. The van der Waals surface area contributed by atoms with Gasteiger partial charge in [-0.2, -0.15) is 0 Å². The first-order valence-corrected chi connectivity index (χ1v) is 7.67. The lowest BCUT2D eigenvalue weighted by Gasteiger charge is -2.36. The maximum atomic E-state index is 12.9. The Hall–Kier alpha value is -1.35. The van der Waals surface area contributed by atoms with Gasteiger partial charge in [-0.1, -0.05) is 37.3 Å². The molecule has 3 nitrogen and oxygen atoms in total. The van der Waals surface area contributed by atoms with E-state index < -0.39 is 0 Å². The summed E-state index contributed by atoms with van der Waals surface area (Å²) in [6.07, 6.45) is 3.00. The van der Waals surface area contributed by atoms with E-state index in [1.807, 2.05) is 30.0 Å². The lowest BCUT2D eigenvalue weighted by atomic mass is 9.96. The van der Waals surface area contributed by atoms with Gasteiger partial charge in [-0.15, -0.1) is 0 Å². The average Bonchev–Trinajstić information content (AvgIpc) is 2.92. The van der Waals surface area contributed by atoms with Gasteiger partial charge in [0.2, 0.25) is 5.91 Å². The van der Waals surface area contributed by atoms with Gasteiger partial charge in [0.15, 0.2) is 0 Å². The Balaban J connectivity index is 2.17. The zero-order valence-corrected chi connectivity index (χ0v) is 12.9. The van der Waals surface area contributed by atoms with Crippen LogP contribution in [-0.2, 0) is 11.3 Å². The lowest BCUT2D eigenvalue weighted by Crippen LogP contribution is -2.54. The van der Waals surface area contributed by atoms with Crippen LogP contribution in [-0.4, -0.2) is 28.9 Å². The third kappa shape index (κ3) is 3.21. The van der Waals surface area contributed by atoms with E-state index in [-0.39, 0.29) is 17.5 Å². The first kappa shape index (κ1) is 15.0. The number of benzene rings is 1. The molecule has 1 amide bonds. The third-order valence-corrected chi connectivity index (χ3v) is 4.42. The first-order valence-electron chi connectivity index (χ1n) is 7.67. The van der Waals surface area contributed by atoms with E-state index in [0.717, 1.165) is 25.8 Å². The van der Waals surface area contributed by atoms with Crippen molar-refractivity contribution in [1.82, 2.24) is 10.2 Å². The molecule has 0 aromatic heterocycles. The van der Waals surface area contributed by atoms with Gasteiger partial charge in [0.25, 0.3) is 0 Å². The zero-order chi connectivity index (χ0) is 14.6. The highest BCUT2D eigenvalue weighted by atomic mass is 16.2. The van der Waals surface area contributed by atoms with Crippen molar-refractivity contribution >= 4 is 5.91 Å². The number of carbonyl (C=O) groups is 1. The van der Waals surface area contributed by atoms with Gasteiger partial charge in [0, 0.05) is 12.6 Å². The van der Waals surface area contributed by atoms with E-state index in [4.69, 9.17) is 0 Å². The smallest absolute Gasteiger partial charge is 0.243 e. The number of carbonyl (C=O) groups excluding carboxylic acids is 1. The molecule has 0 radical (unpaired) electrons. The molecule has 3 heteroatoms. The molecule has 0 bridgehead atoms. The summed E-state index contributed by atoms with van der Waals surface area (Å²) in [5.41, 5.74) is 0.820. The van der Waals surface area contributed by atoms with Gasteiger partial charge in [-0.3, -0.25) is 4.79 Å². The predicted molar refractivity (Wildman–Crippen MR) is 82.4 cm³/mol. The summed E-state index contributed by atoms with van der Waals surface area (Å²) < 4.78 is 0. The van der Waals surface area contributed by atoms with Crippen molar-refractivity contribution in [3.05, 3.63) is 35.9 Å². The number of nitrogens with zero attached hydrogens (tertiary/aromatic N) is 1. The third-order valence-electron chi connectivity index (χ3n) is 4.42. The van der Waals surface area contributed by atoms with Crippen LogP contribution in [0.25, 0.3) is 0 Å². The Labute approximate surface area is 122 Å². The molecule has 1 heterocycles. The monoisotopic (exact) mass is 274 g/mol. The fourth-order valence-electron chi connectivity index (χ4n) is 2.82. The maximum absolute atomic E-state index is 12.9. The van der Waals surface area contributed by atoms with Crippen molar-refractivity contribution in [3.8, 4) is 0 Å². The van der Waals surface area contributed by atoms with Crippen LogP contribution in [0.5, 0.6) is 0 Å². The second kappa shape index (κ2) is 6.40. The molecule has 1 N–H and O–H groups in total. The quantitative estimate of drug-likeness (QED) is 0.895. The van der Waals surface area contributed by atoms with E-state index in [0.29, 0.717) is 6.54 Å². The van der Waals surface area contributed by atoms with Crippen molar-refractivity contribution in [3.63, 3.8) is 0 Å². The number of nitrogens with one attached hydrogen (secondary N) is 1. The van der Waals surface area contributed by atoms with Crippen molar-refractivity contribution in [2.45, 2.75) is 58.2 Å². The molecule has 2 atom stereocenters. The van der Waals surface area contributed by atoms with Crippen LogP contribution >= 0.6 is 0 Å². The van der Waals surface area contributed by atoms with E-state index in [2.05, 4.69) is 31.3 Å². The standard InChI is InChI=1S/C17H26N2O/c1-4-14(2)19(13-15-9-6-5-7-10-15)16(20)17(3)11-8-12-18-17/h5-7,9-10,14,18H,4,8,11-13H2,1-3H3. The molecule has 1 aromatic carbocycles. The summed E-state index contributed by atoms with van der Waals surface area (Å²) >= 11 is 0.